The van der Waals surface area contributed by atoms with Crippen molar-refractivity contribution in [2.24, 2.45) is 5.92 Å². The Balaban J connectivity index is 0.00000312. The number of hydrogen-bond donors (Lipinski definition) is 1. The molecule has 0 spiro atoms. The molecular weight excluding hydrogens is 367 g/mol. The Labute approximate surface area is 165 Å². The Kier molecular flexibility index (Phi) is 7.53. The van der Waals surface area contributed by atoms with Gasteiger partial charge >= 0.3 is 35.5 Å². The smallest absolute Gasteiger partial charge is 0.731 e. The minimum Gasteiger partial charge on any atom is -0.731 e. The van der Waals surface area contributed by atoms with Gasteiger partial charge in [0.05, 0.1) is 6.61 Å². The molecule has 1 fully saturated rings. The van der Waals surface area contributed by atoms with Gasteiger partial charge in [-0.05, 0) is 5.56 Å². The maximum Gasteiger partial charge on any atom is 1.00 e. The van der Waals surface area contributed by atoms with Crippen molar-refractivity contribution in [3.05, 3.63) is 35.9 Å². The molecule has 1 saturated heterocycles. The van der Waals surface area contributed by atoms with Gasteiger partial charge in [-0.3, -0.25) is 19.2 Å². The fourth-order valence-corrected chi connectivity index (χ4v) is 2.78. The summed E-state index contributed by atoms with van der Waals surface area (Å²) in [5.41, 5.74) is 2.70. The molecule has 25 heavy (non-hydrogen) atoms. The zero-order valence-electron chi connectivity index (χ0n) is 13.4. The molecule has 1 aromatic rings. The number of nitrogens with one attached hydrogen (secondary N) is 1. The zero-order chi connectivity index (χ0) is 17.9. The molecule has 1 aromatic carbocycles. The van der Waals surface area contributed by atoms with E-state index in [-0.39, 0.29) is 40.5 Å². The van der Waals surface area contributed by atoms with Crippen LogP contribution in [-0.4, -0.2) is 41.3 Å². The quantitative estimate of drug-likeness (QED) is 0.132. The first kappa shape index (κ1) is 21.5. The summed E-state index contributed by atoms with van der Waals surface area (Å²) in [7, 11) is -5.20. The van der Waals surface area contributed by atoms with Crippen molar-refractivity contribution < 1.29 is 66.5 Å². The summed E-state index contributed by atoms with van der Waals surface area (Å²) < 4.78 is 37.3. The van der Waals surface area contributed by atoms with Crippen LogP contribution in [0.2, 0.25) is 0 Å². The number of carbonyl (C=O) groups is 3. The summed E-state index contributed by atoms with van der Waals surface area (Å²) in [4.78, 5) is 39.5. The van der Waals surface area contributed by atoms with Gasteiger partial charge in [0.15, 0.2) is 16.2 Å². The summed E-state index contributed by atoms with van der Waals surface area (Å²) in [6.45, 7) is 0.939. The molecule has 1 aliphatic rings. The Bertz CT molecular complexity index is 755. The molecule has 12 heteroatoms. The van der Waals surface area contributed by atoms with Crippen molar-refractivity contribution in [1.29, 1.82) is 0 Å². The van der Waals surface area contributed by atoms with Crippen molar-refractivity contribution in [3.63, 3.8) is 0 Å². The van der Waals surface area contributed by atoms with Crippen LogP contribution in [0.4, 0.5) is 0 Å². The van der Waals surface area contributed by atoms with Crippen molar-refractivity contribution in [2.45, 2.75) is 19.8 Å². The van der Waals surface area contributed by atoms with E-state index < -0.39 is 40.2 Å². The van der Waals surface area contributed by atoms with E-state index in [0.717, 1.165) is 12.5 Å². The predicted octanol–water partition coefficient (Wildman–Crippen LogP) is -3.95. The summed E-state index contributed by atoms with van der Waals surface area (Å²) in [6, 6.07) is 8.76. The van der Waals surface area contributed by atoms with E-state index in [1.807, 2.05) is 5.48 Å². The maximum absolute atomic E-state index is 11.9. The summed E-state index contributed by atoms with van der Waals surface area (Å²) in [5.74, 6) is -4.95. The average Bonchev–Trinajstić information content (AvgIpc) is 2.45. The number of amides is 2. The van der Waals surface area contributed by atoms with Gasteiger partial charge in [0, 0.05) is 6.92 Å². The van der Waals surface area contributed by atoms with Gasteiger partial charge in [0.2, 0.25) is 6.23 Å². The van der Waals surface area contributed by atoms with E-state index in [0.29, 0.717) is 0 Å². The number of nitrogens with zero attached hydrogens (tertiary/aromatic N) is 1. The zero-order valence-corrected chi connectivity index (χ0v) is 16.2. The van der Waals surface area contributed by atoms with E-state index in [1.165, 1.54) is 0 Å². The summed E-state index contributed by atoms with van der Waals surface area (Å²) in [5, 5.41) is 0. The minimum atomic E-state index is -5.20. The minimum absolute atomic E-state index is 0. The van der Waals surface area contributed by atoms with Gasteiger partial charge in [-0.25, -0.2) is 18.2 Å². The molecule has 10 nitrogen and oxygen atoms in total. The topological polar surface area (TPSA) is 142 Å². The first-order valence-electron chi connectivity index (χ1n) is 6.63. The van der Waals surface area contributed by atoms with Gasteiger partial charge in [-0.15, -0.1) is 0 Å². The van der Waals surface area contributed by atoms with E-state index >= 15 is 0 Å². The van der Waals surface area contributed by atoms with Crippen molar-refractivity contribution in [1.82, 2.24) is 9.79 Å². The molecule has 2 atom stereocenters. The molecule has 1 heterocycles. The van der Waals surface area contributed by atoms with Gasteiger partial charge in [0.25, 0.3) is 11.8 Å². The van der Waals surface area contributed by atoms with Gasteiger partial charge in [-0.2, -0.15) is 0 Å². The van der Waals surface area contributed by atoms with Crippen LogP contribution in [0.25, 0.3) is 0 Å². The molecule has 0 saturated carbocycles. The van der Waals surface area contributed by atoms with Crippen LogP contribution in [0.1, 0.15) is 12.5 Å². The Hall–Kier alpha value is -1.50. The number of esters is 1. The normalized spacial score (nSPS) is 19.4. The van der Waals surface area contributed by atoms with Gasteiger partial charge in [-0.1, -0.05) is 30.3 Å². The number of rotatable bonds is 6. The molecule has 0 aromatic heterocycles. The Morgan fingerprint density at radius 1 is 1.28 bits per heavy atom. The fourth-order valence-electron chi connectivity index (χ4n) is 2.03. The van der Waals surface area contributed by atoms with Crippen LogP contribution >= 0.6 is 0 Å². The second-order valence-electron chi connectivity index (χ2n) is 4.81. The Morgan fingerprint density at radius 3 is 2.40 bits per heavy atom. The number of hydroxylamine groups is 1. The van der Waals surface area contributed by atoms with Crippen molar-refractivity contribution >= 4 is 28.1 Å². The summed E-state index contributed by atoms with van der Waals surface area (Å²) in [6.07, 6.45) is -1.82. The molecule has 2 amide bonds. The molecule has 2 rings (SSSR count). The number of hydrogen-bond acceptors (Lipinski definition) is 8. The largest absolute Gasteiger partial charge is 1.00 e. The van der Waals surface area contributed by atoms with Gasteiger partial charge < -0.3 is 9.29 Å². The van der Waals surface area contributed by atoms with E-state index in [1.54, 1.807) is 30.3 Å². The number of benzene rings is 1. The Morgan fingerprint density at radius 2 is 1.88 bits per heavy atom. The predicted molar refractivity (Wildman–Crippen MR) is 75.0 cm³/mol. The average molecular weight is 380 g/mol. The first-order valence-corrected chi connectivity index (χ1v) is 8.00. The van der Waals surface area contributed by atoms with Crippen LogP contribution in [0, 0.1) is 5.92 Å². The third-order valence-corrected chi connectivity index (χ3v) is 3.93. The molecular formula is C13H13N2NaO8S. The number of ether oxygens (including phenoxy) is 1. The van der Waals surface area contributed by atoms with Gasteiger partial charge in [0.1, 0.15) is 0 Å². The second kappa shape index (κ2) is 8.74. The van der Waals surface area contributed by atoms with E-state index in [4.69, 9.17) is 4.84 Å². The maximum atomic E-state index is 11.9. The fraction of sp³-hybridized carbons (Fsp3) is 0.308. The molecule has 0 bridgehead atoms. The molecule has 0 radical (unpaired) electrons. The van der Waals surface area contributed by atoms with Crippen LogP contribution < -0.4 is 35.0 Å². The molecule has 1 N–H and O–H groups in total. The third-order valence-electron chi connectivity index (χ3n) is 3.06. The van der Waals surface area contributed by atoms with Crippen molar-refractivity contribution in [3.8, 4) is 0 Å². The standard InChI is InChI=1S/C13H14N2O8S.Na/c1-8(16)23-13-10(12(18)15(13)24(19,20)21)11(17)14-22-7-9-5-3-2-4-6-9;/h2-6,10,13H,7H2,1H3,(H,14,17)(H,19,20,21);/q;+1/p-1/t10-,13-;/m0./s1. The third kappa shape index (κ3) is 5.23. The summed E-state index contributed by atoms with van der Waals surface area (Å²) >= 11 is 0. The van der Waals surface area contributed by atoms with Crippen molar-refractivity contribution in [2.75, 3.05) is 0 Å². The molecule has 0 unspecified atom stereocenters. The molecule has 1 aliphatic heterocycles. The van der Waals surface area contributed by atoms with Crippen LogP contribution in [0.5, 0.6) is 0 Å². The van der Waals surface area contributed by atoms with E-state index in [9.17, 15) is 27.4 Å². The number of carbonyl (C=O) groups excluding carboxylic acids is 3. The monoisotopic (exact) mass is 380 g/mol. The van der Waals surface area contributed by atoms with Crippen LogP contribution in [0.15, 0.2) is 30.3 Å². The van der Waals surface area contributed by atoms with E-state index in [2.05, 4.69) is 4.74 Å². The number of β-lactam (4-membered cyclic amide) rings is 1. The van der Waals surface area contributed by atoms with Crippen LogP contribution in [-0.2, 0) is 40.9 Å². The second-order valence-corrected chi connectivity index (χ2v) is 6.06. The molecule has 0 aliphatic carbocycles. The van der Waals surface area contributed by atoms with Crippen LogP contribution in [0.3, 0.4) is 0 Å². The molecule has 130 valence electrons. The SMILES string of the molecule is CC(=O)O[C@H]1[C@@H](C(=O)NOCc2ccccc2)C(=O)N1S(=O)(=O)[O-].[Na+]. The first-order chi connectivity index (χ1) is 11.2.